The van der Waals surface area contributed by atoms with Gasteiger partial charge in [-0.05, 0) is 31.4 Å². The van der Waals surface area contributed by atoms with Crippen molar-refractivity contribution in [3.8, 4) is 0 Å². The molecule has 0 atom stereocenters. The van der Waals surface area contributed by atoms with Crippen LogP contribution in [0.2, 0.25) is 0 Å². The second-order valence-electron chi connectivity index (χ2n) is 6.53. The third-order valence-corrected chi connectivity index (χ3v) is 5.70. The van der Waals surface area contributed by atoms with Crippen molar-refractivity contribution in [1.82, 2.24) is 14.9 Å². The number of hydrogen-bond donors (Lipinski definition) is 0. The van der Waals surface area contributed by atoms with Crippen LogP contribution in [0.3, 0.4) is 0 Å². The molecule has 4 nitrogen and oxygen atoms in total. The molecule has 0 saturated carbocycles. The predicted octanol–water partition coefficient (Wildman–Crippen LogP) is 4.92. The number of carbonyl (C=O) groups is 1. The molecular formula is C21H25N3OS. The Labute approximate surface area is 158 Å². The lowest BCUT2D eigenvalue weighted by Crippen LogP contribution is -2.31. The maximum absolute atomic E-state index is 13.3. The van der Waals surface area contributed by atoms with Gasteiger partial charge in [0, 0.05) is 30.6 Å². The van der Waals surface area contributed by atoms with E-state index in [0.717, 1.165) is 57.1 Å². The lowest BCUT2D eigenvalue weighted by atomic mass is 10.1. The van der Waals surface area contributed by atoms with Crippen molar-refractivity contribution in [2.75, 3.05) is 6.54 Å². The molecule has 0 radical (unpaired) electrons. The molecule has 3 rings (SSSR count). The molecule has 1 aromatic carbocycles. The fourth-order valence-corrected chi connectivity index (χ4v) is 4.45. The molecule has 1 amide bonds. The molecule has 0 bridgehead atoms. The van der Waals surface area contributed by atoms with Crippen LogP contribution in [0.25, 0.3) is 10.2 Å². The van der Waals surface area contributed by atoms with E-state index in [4.69, 9.17) is 0 Å². The van der Waals surface area contributed by atoms with Crippen LogP contribution in [0.1, 0.15) is 52.6 Å². The van der Waals surface area contributed by atoms with Gasteiger partial charge in [-0.1, -0.05) is 44.2 Å². The molecule has 0 fully saturated rings. The Morgan fingerprint density at radius 1 is 1.12 bits per heavy atom. The van der Waals surface area contributed by atoms with E-state index >= 15 is 0 Å². The van der Waals surface area contributed by atoms with Crippen LogP contribution >= 0.6 is 11.3 Å². The van der Waals surface area contributed by atoms with Crippen LogP contribution in [0.5, 0.6) is 0 Å². The molecular weight excluding hydrogens is 342 g/mol. The summed E-state index contributed by atoms with van der Waals surface area (Å²) in [6.45, 7) is 9.55. The van der Waals surface area contributed by atoms with Crippen molar-refractivity contribution in [3.63, 3.8) is 0 Å². The van der Waals surface area contributed by atoms with Gasteiger partial charge in [0.05, 0.1) is 4.88 Å². The monoisotopic (exact) mass is 367 g/mol. The van der Waals surface area contributed by atoms with Crippen LogP contribution in [-0.4, -0.2) is 27.3 Å². The van der Waals surface area contributed by atoms with E-state index in [1.165, 1.54) is 11.3 Å². The van der Waals surface area contributed by atoms with Gasteiger partial charge in [0.15, 0.2) is 0 Å². The van der Waals surface area contributed by atoms with Gasteiger partial charge < -0.3 is 4.90 Å². The number of hydrogen-bond acceptors (Lipinski definition) is 4. The molecule has 0 saturated heterocycles. The molecule has 0 aliphatic rings. The standard InChI is InChI=1S/C21H25N3OS/c1-5-12-24(13-16-10-8-7-9-11-16)21(25)19-14(3)18-15(4)22-17(6-2)23-20(18)26-19/h7-11H,5-6,12-13H2,1-4H3. The fourth-order valence-electron chi connectivity index (χ4n) is 3.23. The summed E-state index contributed by atoms with van der Waals surface area (Å²) in [6, 6.07) is 10.2. The smallest absolute Gasteiger partial charge is 0.264 e. The van der Waals surface area contributed by atoms with Crippen molar-refractivity contribution >= 4 is 27.5 Å². The Hall–Kier alpha value is -2.27. The number of carbonyl (C=O) groups excluding carboxylic acids is 1. The molecule has 0 N–H and O–H groups in total. The van der Waals surface area contributed by atoms with Crippen molar-refractivity contribution in [1.29, 1.82) is 0 Å². The highest BCUT2D eigenvalue weighted by atomic mass is 32.1. The van der Waals surface area contributed by atoms with Crippen molar-refractivity contribution in [3.05, 3.63) is 57.9 Å². The number of fused-ring (bicyclic) bond motifs is 1. The lowest BCUT2D eigenvalue weighted by molar-refractivity contribution is 0.0747. The summed E-state index contributed by atoms with van der Waals surface area (Å²) >= 11 is 1.50. The Balaban J connectivity index is 1.98. The van der Waals surface area contributed by atoms with Gasteiger partial charge in [-0.3, -0.25) is 4.79 Å². The Bertz CT molecular complexity index is 918. The van der Waals surface area contributed by atoms with E-state index in [1.54, 1.807) is 0 Å². The fraction of sp³-hybridized carbons (Fsp3) is 0.381. The van der Waals surface area contributed by atoms with E-state index in [2.05, 4.69) is 35.9 Å². The highest BCUT2D eigenvalue weighted by molar-refractivity contribution is 7.20. The SMILES string of the molecule is CCCN(Cc1ccccc1)C(=O)c1sc2nc(CC)nc(C)c2c1C. The molecule has 0 aliphatic heterocycles. The largest absolute Gasteiger partial charge is 0.334 e. The average Bonchev–Trinajstić information content (AvgIpc) is 2.98. The average molecular weight is 368 g/mol. The van der Waals surface area contributed by atoms with Crippen LogP contribution in [0, 0.1) is 13.8 Å². The zero-order valence-corrected chi connectivity index (χ0v) is 16.7. The molecule has 26 heavy (non-hydrogen) atoms. The maximum Gasteiger partial charge on any atom is 0.264 e. The maximum atomic E-state index is 13.3. The minimum absolute atomic E-state index is 0.0913. The molecule has 2 heterocycles. The highest BCUT2D eigenvalue weighted by Crippen LogP contribution is 2.32. The molecule has 0 aliphatic carbocycles. The topological polar surface area (TPSA) is 46.1 Å². The summed E-state index contributed by atoms with van der Waals surface area (Å²) < 4.78 is 0. The number of rotatable bonds is 6. The van der Waals surface area contributed by atoms with Crippen molar-refractivity contribution in [2.24, 2.45) is 0 Å². The summed E-state index contributed by atoms with van der Waals surface area (Å²) in [7, 11) is 0. The van der Waals surface area contributed by atoms with E-state index in [9.17, 15) is 4.79 Å². The molecule has 0 spiro atoms. The number of nitrogens with zero attached hydrogens (tertiary/aromatic N) is 3. The van der Waals surface area contributed by atoms with E-state index in [1.807, 2.05) is 36.9 Å². The second-order valence-corrected chi connectivity index (χ2v) is 7.53. The van der Waals surface area contributed by atoms with Gasteiger partial charge in [0.25, 0.3) is 5.91 Å². The number of aryl methyl sites for hydroxylation is 3. The first-order chi connectivity index (χ1) is 12.5. The van der Waals surface area contributed by atoms with Crippen LogP contribution in [0.15, 0.2) is 30.3 Å². The van der Waals surface area contributed by atoms with E-state index in [-0.39, 0.29) is 5.91 Å². The quantitative estimate of drug-likeness (QED) is 0.621. The number of benzene rings is 1. The minimum atomic E-state index is 0.0913. The number of amides is 1. The third-order valence-electron chi connectivity index (χ3n) is 4.52. The number of aromatic nitrogens is 2. The van der Waals surface area contributed by atoms with Crippen molar-refractivity contribution in [2.45, 2.75) is 47.1 Å². The zero-order chi connectivity index (χ0) is 18.7. The van der Waals surface area contributed by atoms with Gasteiger partial charge in [0.1, 0.15) is 10.7 Å². The van der Waals surface area contributed by atoms with Gasteiger partial charge in [-0.25, -0.2) is 9.97 Å². The molecule has 5 heteroatoms. The van der Waals surface area contributed by atoms with Gasteiger partial charge >= 0.3 is 0 Å². The first kappa shape index (κ1) is 18.5. The second kappa shape index (κ2) is 7.96. The first-order valence-electron chi connectivity index (χ1n) is 9.14. The van der Waals surface area contributed by atoms with E-state index < -0.39 is 0 Å². The molecule has 0 unspecified atom stereocenters. The van der Waals surface area contributed by atoms with Gasteiger partial charge in [-0.15, -0.1) is 11.3 Å². The van der Waals surface area contributed by atoms with E-state index in [0.29, 0.717) is 6.54 Å². The predicted molar refractivity (Wildman–Crippen MR) is 108 cm³/mol. The van der Waals surface area contributed by atoms with Crippen LogP contribution < -0.4 is 0 Å². The summed E-state index contributed by atoms with van der Waals surface area (Å²) in [5, 5.41) is 1.03. The van der Waals surface area contributed by atoms with Gasteiger partial charge in [-0.2, -0.15) is 0 Å². The Kier molecular flexibility index (Phi) is 5.67. The Morgan fingerprint density at radius 3 is 2.50 bits per heavy atom. The third kappa shape index (κ3) is 3.63. The molecule has 136 valence electrons. The highest BCUT2D eigenvalue weighted by Gasteiger charge is 2.23. The normalized spacial score (nSPS) is 11.1. The first-order valence-corrected chi connectivity index (χ1v) is 9.96. The lowest BCUT2D eigenvalue weighted by Gasteiger charge is -2.22. The summed E-state index contributed by atoms with van der Waals surface area (Å²) in [6.07, 6.45) is 1.73. The summed E-state index contributed by atoms with van der Waals surface area (Å²) in [4.78, 5) is 26.2. The molecule has 2 aromatic heterocycles. The Morgan fingerprint density at radius 2 is 1.85 bits per heavy atom. The van der Waals surface area contributed by atoms with Crippen LogP contribution in [-0.2, 0) is 13.0 Å². The van der Waals surface area contributed by atoms with Crippen molar-refractivity contribution < 1.29 is 4.79 Å². The zero-order valence-electron chi connectivity index (χ0n) is 15.9. The minimum Gasteiger partial charge on any atom is -0.334 e. The van der Waals surface area contributed by atoms with Crippen LogP contribution in [0.4, 0.5) is 0 Å². The number of thiophene rings is 1. The van der Waals surface area contributed by atoms with Gasteiger partial charge in [0.2, 0.25) is 0 Å². The summed E-state index contributed by atoms with van der Waals surface area (Å²) in [5.41, 5.74) is 3.12. The summed E-state index contributed by atoms with van der Waals surface area (Å²) in [5.74, 6) is 0.929. The molecule has 3 aromatic rings.